The van der Waals surface area contributed by atoms with Crippen LogP contribution in [-0.2, 0) is 17.6 Å². The highest BCUT2D eigenvalue weighted by atomic mass is 16.5. The van der Waals surface area contributed by atoms with Gasteiger partial charge in [0.2, 0.25) is 0 Å². The second-order valence-electron chi connectivity index (χ2n) is 12.0. The second-order valence-corrected chi connectivity index (χ2v) is 12.0. The molecule has 228 valence electrons. The van der Waals surface area contributed by atoms with Crippen molar-refractivity contribution < 1.29 is 28.8 Å². The maximum absolute atomic E-state index is 10.0. The number of rotatable bonds is 7. The van der Waals surface area contributed by atoms with Crippen molar-refractivity contribution in [3.8, 4) is 39.9 Å². The van der Waals surface area contributed by atoms with Crippen LogP contribution in [0.15, 0.2) is 84.9 Å². The standard InChI is InChI=1S/C39H36O6/c1-38(2)32-19-23(22-40)7-16-28(32)35-30-20-33(43-5)34(44-6)21-31(30)37-29(36(35)38)17-18-39(45-37,24-8-12-26(41-3)13-9-24)25-10-14-27(42-4)15-11-25/h7-21,40H,22H2,1-6H3. The van der Waals surface area contributed by atoms with Crippen LogP contribution in [0.25, 0.3) is 28.0 Å². The van der Waals surface area contributed by atoms with Gasteiger partial charge >= 0.3 is 0 Å². The molecule has 0 aromatic heterocycles. The van der Waals surface area contributed by atoms with Gasteiger partial charge in [0.1, 0.15) is 17.2 Å². The van der Waals surface area contributed by atoms with Crippen LogP contribution in [0.4, 0.5) is 0 Å². The lowest BCUT2D eigenvalue weighted by Gasteiger charge is -2.38. The lowest BCUT2D eigenvalue weighted by Crippen LogP contribution is -2.35. The van der Waals surface area contributed by atoms with Gasteiger partial charge < -0.3 is 28.8 Å². The maximum Gasteiger partial charge on any atom is 0.178 e. The zero-order chi connectivity index (χ0) is 31.5. The molecule has 1 N–H and O–H groups in total. The van der Waals surface area contributed by atoms with Gasteiger partial charge in [-0.2, -0.15) is 0 Å². The molecule has 0 saturated carbocycles. The van der Waals surface area contributed by atoms with Gasteiger partial charge in [0.15, 0.2) is 17.1 Å². The molecule has 5 aromatic rings. The fourth-order valence-electron chi connectivity index (χ4n) is 7.11. The third-order valence-electron chi connectivity index (χ3n) is 9.42. The number of ether oxygens (including phenoxy) is 5. The third kappa shape index (κ3) is 4.20. The van der Waals surface area contributed by atoms with E-state index in [1.165, 1.54) is 11.1 Å². The van der Waals surface area contributed by atoms with Crippen LogP contribution in [0.2, 0.25) is 0 Å². The van der Waals surface area contributed by atoms with Gasteiger partial charge in [0.25, 0.3) is 0 Å². The van der Waals surface area contributed by atoms with Crippen molar-refractivity contribution in [2.24, 2.45) is 0 Å². The van der Waals surface area contributed by atoms with Gasteiger partial charge in [0, 0.05) is 27.5 Å². The molecule has 0 spiro atoms. The molecule has 0 atom stereocenters. The summed E-state index contributed by atoms with van der Waals surface area (Å²) >= 11 is 0. The van der Waals surface area contributed by atoms with Gasteiger partial charge in [-0.1, -0.05) is 62.4 Å². The molecule has 6 nitrogen and oxygen atoms in total. The summed E-state index contributed by atoms with van der Waals surface area (Å²) in [5, 5.41) is 11.9. The highest BCUT2D eigenvalue weighted by molar-refractivity contribution is 6.09. The number of hydrogen-bond acceptors (Lipinski definition) is 6. The van der Waals surface area contributed by atoms with Crippen LogP contribution in [-0.4, -0.2) is 33.5 Å². The Morgan fingerprint density at radius 1 is 0.689 bits per heavy atom. The number of fused-ring (bicyclic) bond motifs is 8. The van der Waals surface area contributed by atoms with Crippen LogP contribution in [0.5, 0.6) is 28.7 Å². The molecule has 45 heavy (non-hydrogen) atoms. The van der Waals surface area contributed by atoms with E-state index in [2.05, 4.69) is 44.2 Å². The second kappa shape index (κ2) is 10.6. The van der Waals surface area contributed by atoms with E-state index in [1.807, 2.05) is 60.7 Å². The Morgan fingerprint density at radius 2 is 1.27 bits per heavy atom. The van der Waals surface area contributed by atoms with E-state index in [4.69, 9.17) is 23.7 Å². The zero-order valence-electron chi connectivity index (χ0n) is 26.4. The molecule has 2 aliphatic rings. The molecule has 0 bridgehead atoms. The van der Waals surface area contributed by atoms with E-state index in [-0.39, 0.29) is 12.0 Å². The van der Waals surface area contributed by atoms with Crippen LogP contribution in [0.3, 0.4) is 0 Å². The Bertz CT molecular complexity index is 1920. The minimum Gasteiger partial charge on any atom is -0.497 e. The molecule has 0 saturated heterocycles. The van der Waals surface area contributed by atoms with Crippen molar-refractivity contribution in [1.82, 2.24) is 0 Å². The van der Waals surface area contributed by atoms with E-state index in [9.17, 15) is 5.11 Å². The number of methoxy groups -OCH3 is 4. The van der Waals surface area contributed by atoms with E-state index in [1.54, 1.807) is 28.4 Å². The molecule has 1 heterocycles. The predicted molar refractivity (Wildman–Crippen MR) is 177 cm³/mol. The van der Waals surface area contributed by atoms with Crippen molar-refractivity contribution in [3.05, 3.63) is 118 Å². The summed E-state index contributed by atoms with van der Waals surface area (Å²) in [5.41, 5.74) is 7.15. The van der Waals surface area contributed by atoms with Gasteiger partial charge in [-0.05, 0) is 75.7 Å². The topological polar surface area (TPSA) is 66.4 Å². The molecule has 1 aliphatic carbocycles. The average Bonchev–Trinajstić information content (AvgIpc) is 3.33. The third-order valence-corrected chi connectivity index (χ3v) is 9.42. The predicted octanol–water partition coefficient (Wildman–Crippen LogP) is 8.02. The Kier molecular flexibility index (Phi) is 6.79. The van der Waals surface area contributed by atoms with Crippen molar-refractivity contribution >= 4 is 16.8 Å². The number of aliphatic hydroxyl groups is 1. The van der Waals surface area contributed by atoms with Gasteiger partial charge in [-0.25, -0.2) is 0 Å². The van der Waals surface area contributed by atoms with Crippen molar-refractivity contribution in [3.63, 3.8) is 0 Å². The van der Waals surface area contributed by atoms with E-state index >= 15 is 0 Å². The molecule has 7 rings (SSSR count). The first-order chi connectivity index (χ1) is 21.8. The smallest absolute Gasteiger partial charge is 0.178 e. The Morgan fingerprint density at radius 3 is 1.80 bits per heavy atom. The quantitative estimate of drug-likeness (QED) is 0.204. The molecule has 0 amide bonds. The average molecular weight is 601 g/mol. The van der Waals surface area contributed by atoms with Crippen molar-refractivity contribution in [2.45, 2.75) is 31.5 Å². The molecule has 0 fully saturated rings. The van der Waals surface area contributed by atoms with E-state index in [0.29, 0.717) is 11.5 Å². The van der Waals surface area contributed by atoms with Gasteiger partial charge in [0.05, 0.1) is 35.0 Å². The Labute approximate surface area is 263 Å². The first-order valence-electron chi connectivity index (χ1n) is 15.0. The van der Waals surface area contributed by atoms with Crippen molar-refractivity contribution in [2.75, 3.05) is 28.4 Å². The van der Waals surface area contributed by atoms with Crippen LogP contribution in [0.1, 0.15) is 47.2 Å². The minimum absolute atomic E-state index is 0.0150. The first-order valence-corrected chi connectivity index (χ1v) is 15.0. The highest BCUT2D eigenvalue weighted by Crippen LogP contribution is 2.59. The van der Waals surface area contributed by atoms with E-state index < -0.39 is 5.60 Å². The SMILES string of the molecule is COc1ccc(C2(c3ccc(OC)cc3)C=Cc3c4c(c5cc(OC)c(OC)cc5c3O2)-c2ccc(CO)cc2C4(C)C)cc1. The Balaban J connectivity index is 1.56. The van der Waals surface area contributed by atoms with E-state index in [0.717, 1.165) is 61.4 Å². The molecule has 0 unspecified atom stereocenters. The van der Waals surface area contributed by atoms with Crippen LogP contribution in [0, 0.1) is 0 Å². The number of hydrogen-bond donors (Lipinski definition) is 1. The molecular formula is C39H36O6. The summed E-state index contributed by atoms with van der Waals surface area (Å²) in [6.07, 6.45) is 4.37. The summed E-state index contributed by atoms with van der Waals surface area (Å²) in [6, 6.07) is 26.4. The minimum atomic E-state index is -0.945. The summed E-state index contributed by atoms with van der Waals surface area (Å²) in [5.74, 6) is 3.57. The highest BCUT2D eigenvalue weighted by Gasteiger charge is 2.44. The zero-order valence-corrected chi connectivity index (χ0v) is 26.4. The molecule has 5 aromatic carbocycles. The first kappa shape index (κ1) is 28.8. The maximum atomic E-state index is 10.0. The molecule has 0 radical (unpaired) electrons. The van der Waals surface area contributed by atoms with Crippen LogP contribution < -0.4 is 23.7 Å². The number of benzene rings is 5. The molecule has 1 aliphatic heterocycles. The fraction of sp³-hybridized carbons (Fsp3) is 0.231. The monoisotopic (exact) mass is 600 g/mol. The van der Waals surface area contributed by atoms with Crippen LogP contribution >= 0.6 is 0 Å². The fourth-order valence-corrected chi connectivity index (χ4v) is 7.11. The molecule has 6 heteroatoms. The summed E-state index contributed by atoms with van der Waals surface area (Å²) in [7, 11) is 6.64. The largest absolute Gasteiger partial charge is 0.497 e. The summed E-state index contributed by atoms with van der Waals surface area (Å²) in [4.78, 5) is 0. The summed E-state index contributed by atoms with van der Waals surface area (Å²) in [6.45, 7) is 4.47. The van der Waals surface area contributed by atoms with Crippen molar-refractivity contribution in [1.29, 1.82) is 0 Å². The summed E-state index contributed by atoms with van der Waals surface area (Å²) < 4.78 is 30.0. The molecular weight excluding hydrogens is 564 g/mol. The Hall–Kier alpha value is -4.94. The lowest BCUT2D eigenvalue weighted by molar-refractivity contribution is 0.163. The lowest BCUT2D eigenvalue weighted by atomic mass is 9.76. The number of aliphatic hydroxyl groups excluding tert-OH is 1. The normalized spacial score (nSPS) is 15.1. The van der Waals surface area contributed by atoms with Gasteiger partial charge in [-0.3, -0.25) is 0 Å². The van der Waals surface area contributed by atoms with Gasteiger partial charge in [-0.15, -0.1) is 0 Å².